The maximum Gasteiger partial charge on any atom is 0.305 e. The summed E-state index contributed by atoms with van der Waals surface area (Å²) in [6.07, 6.45) is 1.56. The Bertz CT molecular complexity index is 2400. The van der Waals surface area contributed by atoms with Gasteiger partial charge in [0.2, 0.25) is 47.3 Å². The monoisotopic (exact) mass is 974 g/mol. The number of aromatic amines is 1. The molecule has 0 unspecified atom stereocenters. The van der Waals surface area contributed by atoms with Crippen molar-refractivity contribution in [3.8, 4) is 0 Å². The molecule has 0 aliphatic carbocycles. The topological polar surface area (TPSA) is 428 Å². The number of fused-ring (bicyclic) bond motifs is 1. The first-order valence-electron chi connectivity index (χ1n) is 22.4. The lowest BCUT2D eigenvalue weighted by Gasteiger charge is -2.27. The largest absolute Gasteiger partial charge is 0.481 e. The molecular weight excluding hydrogens is 913 g/mol. The van der Waals surface area contributed by atoms with Crippen molar-refractivity contribution in [3.63, 3.8) is 0 Å². The molecule has 2 heterocycles. The number of nitrogens with one attached hydrogen (secondary N) is 9. The zero-order valence-electron chi connectivity index (χ0n) is 38.8. The highest BCUT2D eigenvalue weighted by Crippen LogP contribution is 2.18. The third-order valence-electron chi connectivity index (χ3n) is 10.8. The molecule has 1 aliphatic rings. The van der Waals surface area contributed by atoms with Crippen molar-refractivity contribution in [2.45, 2.75) is 108 Å². The molecule has 0 saturated carbocycles. The number of carbonyl (C=O) groups is 9. The van der Waals surface area contributed by atoms with Crippen LogP contribution in [-0.2, 0) is 56.0 Å². The number of rotatable bonds is 19. The van der Waals surface area contributed by atoms with E-state index in [0.29, 0.717) is 11.3 Å². The number of guanidine groups is 2. The smallest absolute Gasteiger partial charge is 0.305 e. The van der Waals surface area contributed by atoms with Gasteiger partial charge in [-0.15, -0.1) is 0 Å². The molecule has 7 atom stereocenters. The lowest BCUT2D eigenvalue weighted by molar-refractivity contribution is -0.141. The number of aliphatic carboxylic acids is 1. The normalized spacial score (nSPS) is 20.1. The fraction of sp³-hybridized carbons (Fsp3) is 0.455. The lowest BCUT2D eigenvalue weighted by atomic mass is 9.99. The van der Waals surface area contributed by atoms with Gasteiger partial charge in [0, 0.05) is 51.3 Å². The summed E-state index contributed by atoms with van der Waals surface area (Å²) < 4.78 is 0. The second-order valence-electron chi connectivity index (χ2n) is 16.5. The summed E-state index contributed by atoms with van der Waals surface area (Å²) >= 11 is 0. The number of carboxylic acids is 1. The second kappa shape index (κ2) is 26.9. The number of carbonyl (C=O) groups excluding carboxylic acids is 8. The van der Waals surface area contributed by atoms with Crippen LogP contribution in [0.1, 0.15) is 63.6 Å². The number of aromatic nitrogens is 2. The number of hydrogen-bond acceptors (Lipinski definition) is 12. The highest BCUT2D eigenvalue weighted by molar-refractivity contribution is 5.98. The van der Waals surface area contributed by atoms with Crippen LogP contribution in [0.4, 0.5) is 0 Å². The first-order chi connectivity index (χ1) is 33.3. The van der Waals surface area contributed by atoms with Crippen molar-refractivity contribution >= 4 is 75.9 Å². The number of amides is 8. The highest BCUT2D eigenvalue weighted by atomic mass is 16.4. The van der Waals surface area contributed by atoms with Gasteiger partial charge in [0.1, 0.15) is 42.3 Å². The lowest BCUT2D eigenvalue weighted by Crippen LogP contribution is -2.60. The van der Waals surface area contributed by atoms with Crippen molar-refractivity contribution in [2.24, 2.45) is 32.9 Å². The molecule has 8 amide bonds. The third-order valence-corrected chi connectivity index (χ3v) is 10.8. The predicted octanol–water partition coefficient (Wildman–Crippen LogP) is -4.12. The van der Waals surface area contributed by atoms with E-state index in [-0.39, 0.29) is 70.0 Å². The molecule has 4 rings (SSSR count). The van der Waals surface area contributed by atoms with E-state index in [9.17, 15) is 48.3 Å². The fourth-order valence-electron chi connectivity index (χ4n) is 7.31. The van der Waals surface area contributed by atoms with Crippen LogP contribution in [0.15, 0.2) is 65.0 Å². The van der Waals surface area contributed by atoms with E-state index in [0.717, 1.165) is 10.8 Å². The zero-order chi connectivity index (χ0) is 51.3. The molecule has 1 fully saturated rings. The van der Waals surface area contributed by atoms with Gasteiger partial charge in [-0.1, -0.05) is 42.5 Å². The summed E-state index contributed by atoms with van der Waals surface area (Å²) in [7, 11) is 0. The van der Waals surface area contributed by atoms with Gasteiger partial charge >= 0.3 is 5.97 Å². The number of nitrogens with two attached hydrogens (primary N) is 4. The molecule has 2 aromatic carbocycles. The van der Waals surface area contributed by atoms with E-state index >= 15 is 0 Å². The van der Waals surface area contributed by atoms with Crippen LogP contribution in [0.25, 0.3) is 10.8 Å². The average molecular weight is 975 g/mol. The number of carboxylic acid groups (broad SMARTS) is 1. The Balaban J connectivity index is 1.71. The van der Waals surface area contributed by atoms with Gasteiger partial charge < -0.3 is 75.6 Å². The Labute approximate surface area is 402 Å². The first kappa shape index (κ1) is 54.3. The summed E-state index contributed by atoms with van der Waals surface area (Å²) in [5.41, 5.74) is 22.8. The van der Waals surface area contributed by atoms with E-state index in [2.05, 4.69) is 62.5 Å². The van der Waals surface area contributed by atoms with Crippen molar-refractivity contribution < 1.29 is 48.3 Å². The Hall–Kier alpha value is -8.32. The van der Waals surface area contributed by atoms with Crippen LogP contribution < -0.4 is 65.5 Å². The van der Waals surface area contributed by atoms with Gasteiger partial charge in [-0.3, -0.25) is 53.1 Å². The first-order valence-corrected chi connectivity index (χ1v) is 22.4. The van der Waals surface area contributed by atoms with Crippen LogP contribution in [-0.4, -0.2) is 142 Å². The molecule has 0 radical (unpaired) electrons. The van der Waals surface area contributed by atoms with Crippen molar-refractivity contribution in [1.82, 2.24) is 52.5 Å². The molecule has 1 aromatic heterocycles. The standard InChI is InChI=1S/C44H62N16O10/c1-23(54-38(66)29(55-24(2)61)9-5-14-51-43(45)46)36(64)56-31-13-16-50-37(65)34(20-35(62)63)60-42(70)33(19-28-21-49-22-53-28)59-41(69)32(18-25-11-12-26-7-3-4-8-27(26)17-25)58-39(67)30(57-40(31)68)10-6-15-52-44(47)48/h3-4,7-8,11-12,17,21-23,29-34H,5-6,9-10,13-16,18-20H2,1-2H3,(H,49,53)(H,50,65)(H,54,66)(H,55,61)(H,56,64)(H,57,68)(H,58,67)(H,59,69)(H,60,70)(H,62,63)(H4,45,46,51)(H4,47,48,52)/t23-,29-,30-,31-,32-,33-,34+/m0/s1. The predicted molar refractivity (Wildman–Crippen MR) is 255 cm³/mol. The van der Waals surface area contributed by atoms with Crippen LogP contribution in [0.2, 0.25) is 0 Å². The van der Waals surface area contributed by atoms with E-state index in [1.165, 1.54) is 26.4 Å². The Morgan fingerprint density at radius 1 is 0.757 bits per heavy atom. The van der Waals surface area contributed by atoms with Crippen LogP contribution in [0.3, 0.4) is 0 Å². The van der Waals surface area contributed by atoms with Gasteiger partial charge in [-0.25, -0.2) is 4.98 Å². The minimum Gasteiger partial charge on any atom is -0.481 e. The maximum atomic E-state index is 14.4. The van der Waals surface area contributed by atoms with Gasteiger partial charge in [-0.05, 0) is 55.4 Å². The molecule has 1 saturated heterocycles. The van der Waals surface area contributed by atoms with E-state index in [4.69, 9.17) is 22.9 Å². The van der Waals surface area contributed by atoms with Gasteiger partial charge in [0.05, 0.1) is 12.7 Å². The molecule has 26 nitrogen and oxygen atoms in total. The van der Waals surface area contributed by atoms with Gasteiger partial charge in [0.25, 0.3) is 0 Å². The van der Waals surface area contributed by atoms with E-state index in [1.807, 2.05) is 36.4 Å². The molecule has 378 valence electrons. The minimum absolute atomic E-state index is 0.0298. The van der Waals surface area contributed by atoms with Crippen molar-refractivity contribution in [2.75, 3.05) is 19.6 Å². The Morgan fingerprint density at radius 2 is 1.37 bits per heavy atom. The summed E-state index contributed by atoms with van der Waals surface area (Å²) in [4.78, 5) is 136. The average Bonchev–Trinajstić information content (AvgIpc) is 3.82. The van der Waals surface area contributed by atoms with Crippen LogP contribution in [0.5, 0.6) is 0 Å². The number of H-pyrrole nitrogens is 1. The molecule has 0 spiro atoms. The summed E-state index contributed by atoms with van der Waals surface area (Å²) in [5, 5.41) is 31.9. The molecule has 70 heavy (non-hydrogen) atoms. The van der Waals surface area contributed by atoms with Gasteiger partial charge in [-0.2, -0.15) is 0 Å². The molecule has 18 N–H and O–H groups in total. The molecule has 1 aliphatic heterocycles. The minimum atomic E-state index is -1.70. The zero-order valence-corrected chi connectivity index (χ0v) is 38.8. The summed E-state index contributed by atoms with van der Waals surface area (Å²) in [5.74, 6) is -8.59. The van der Waals surface area contributed by atoms with Crippen LogP contribution >= 0.6 is 0 Å². The SMILES string of the molecule is CC(=O)N[C@@H](CCCN=C(N)N)C(=O)N[C@@H](C)C(=O)N[C@H]1CCNC(=O)[C@@H](CC(=O)O)NC(=O)[C@H](Cc2cnc[nH]2)NC(=O)[C@H](Cc2ccc3ccccc3c2)NC(=O)[C@H](CCCN=C(N)N)NC1=O. The molecular formula is C44H62N16O10. The summed E-state index contributed by atoms with van der Waals surface area (Å²) in [6.45, 7) is 2.30. The number of benzene rings is 2. The third kappa shape index (κ3) is 18.1. The van der Waals surface area contributed by atoms with Crippen molar-refractivity contribution in [3.05, 3.63) is 66.2 Å². The molecule has 26 heteroatoms. The fourth-order valence-corrected chi connectivity index (χ4v) is 7.31. The Morgan fingerprint density at radius 3 is 2.00 bits per heavy atom. The quantitative estimate of drug-likeness (QED) is 0.0308. The Kier molecular flexibility index (Phi) is 20.8. The van der Waals surface area contributed by atoms with Gasteiger partial charge in [0.15, 0.2) is 11.9 Å². The summed E-state index contributed by atoms with van der Waals surface area (Å²) in [6, 6.07) is 2.93. The van der Waals surface area contributed by atoms with Crippen LogP contribution in [0, 0.1) is 0 Å². The maximum absolute atomic E-state index is 14.4. The van der Waals surface area contributed by atoms with E-state index < -0.39 is 108 Å². The second-order valence-corrected chi connectivity index (χ2v) is 16.5. The number of aliphatic imine (C=N–C) groups is 2. The number of imidazole rings is 1. The number of hydrogen-bond donors (Lipinski definition) is 14. The van der Waals surface area contributed by atoms with E-state index in [1.54, 1.807) is 6.07 Å². The highest BCUT2D eigenvalue weighted by Gasteiger charge is 2.35. The number of nitrogens with zero attached hydrogens (tertiary/aromatic N) is 3. The molecule has 3 aromatic rings. The van der Waals surface area contributed by atoms with Crippen molar-refractivity contribution in [1.29, 1.82) is 0 Å². The molecule has 0 bridgehead atoms.